The molecule has 0 spiro atoms. The maximum Gasteiger partial charge on any atom is 0.0913 e. The molecule has 0 saturated carbocycles. The standard InChI is InChI=1S/C16H15ClN2/c1-16(2)10-11-6-7-12(17)9-13(11)15(19-16)14-5-3-4-8-18-14/h3-9H,10H2,1-2H3. The van der Waals surface area contributed by atoms with Crippen LogP contribution >= 0.6 is 11.6 Å². The summed E-state index contributed by atoms with van der Waals surface area (Å²) in [6, 6.07) is 11.9. The Morgan fingerprint density at radius 1 is 1.16 bits per heavy atom. The summed E-state index contributed by atoms with van der Waals surface area (Å²) >= 11 is 6.13. The summed E-state index contributed by atoms with van der Waals surface area (Å²) in [5.41, 5.74) is 4.12. The first-order valence-corrected chi connectivity index (χ1v) is 6.73. The lowest BCUT2D eigenvalue weighted by atomic mass is 9.86. The van der Waals surface area contributed by atoms with Crippen LogP contribution < -0.4 is 0 Å². The Kier molecular flexibility index (Phi) is 2.90. The van der Waals surface area contributed by atoms with Crippen molar-refractivity contribution in [3.63, 3.8) is 0 Å². The van der Waals surface area contributed by atoms with E-state index in [0.29, 0.717) is 0 Å². The third-order valence-electron chi connectivity index (χ3n) is 3.27. The lowest BCUT2D eigenvalue weighted by Crippen LogP contribution is -2.29. The molecule has 0 atom stereocenters. The molecule has 3 heteroatoms. The van der Waals surface area contributed by atoms with Crippen LogP contribution in [0.3, 0.4) is 0 Å². The van der Waals surface area contributed by atoms with Gasteiger partial charge in [-0.2, -0.15) is 0 Å². The first-order chi connectivity index (χ1) is 9.05. The molecule has 3 rings (SSSR count). The summed E-state index contributed by atoms with van der Waals surface area (Å²) in [4.78, 5) is 9.29. The molecule has 0 aliphatic carbocycles. The van der Waals surface area contributed by atoms with Crippen LogP contribution in [0.15, 0.2) is 47.6 Å². The highest BCUT2D eigenvalue weighted by molar-refractivity contribution is 6.31. The SMILES string of the molecule is CC1(C)Cc2ccc(Cl)cc2C(c2ccccn2)=N1. The van der Waals surface area contributed by atoms with Crippen molar-refractivity contribution in [3.8, 4) is 0 Å². The van der Waals surface area contributed by atoms with Gasteiger partial charge in [-0.25, -0.2) is 0 Å². The second-order valence-electron chi connectivity index (χ2n) is 5.47. The molecule has 0 radical (unpaired) electrons. The van der Waals surface area contributed by atoms with E-state index in [-0.39, 0.29) is 5.54 Å². The first-order valence-electron chi connectivity index (χ1n) is 6.35. The highest BCUT2D eigenvalue weighted by Crippen LogP contribution is 2.30. The zero-order valence-electron chi connectivity index (χ0n) is 11.0. The minimum atomic E-state index is -0.103. The number of hydrogen-bond donors (Lipinski definition) is 0. The molecule has 1 aromatic carbocycles. The molecule has 2 heterocycles. The van der Waals surface area contributed by atoms with Gasteiger partial charge >= 0.3 is 0 Å². The second-order valence-corrected chi connectivity index (χ2v) is 5.90. The molecule has 2 aromatic rings. The Labute approximate surface area is 118 Å². The van der Waals surface area contributed by atoms with Crippen LogP contribution in [-0.2, 0) is 6.42 Å². The topological polar surface area (TPSA) is 25.2 Å². The smallest absolute Gasteiger partial charge is 0.0913 e. The van der Waals surface area contributed by atoms with Gasteiger partial charge in [0.1, 0.15) is 0 Å². The Balaban J connectivity index is 2.21. The average Bonchev–Trinajstić information content (AvgIpc) is 2.39. The van der Waals surface area contributed by atoms with Gasteiger partial charge in [-0.1, -0.05) is 23.7 Å². The number of halogens is 1. The summed E-state index contributed by atoms with van der Waals surface area (Å²) in [7, 11) is 0. The Morgan fingerprint density at radius 3 is 2.74 bits per heavy atom. The molecule has 0 fully saturated rings. The number of benzene rings is 1. The van der Waals surface area contributed by atoms with E-state index in [2.05, 4.69) is 24.9 Å². The van der Waals surface area contributed by atoms with Gasteiger partial charge in [-0.3, -0.25) is 9.98 Å². The van der Waals surface area contributed by atoms with Crippen LogP contribution in [0.4, 0.5) is 0 Å². The predicted molar refractivity (Wildman–Crippen MR) is 79.1 cm³/mol. The van der Waals surface area contributed by atoms with Gasteiger partial charge in [0.25, 0.3) is 0 Å². The number of pyridine rings is 1. The van der Waals surface area contributed by atoms with Gasteiger partial charge in [-0.05, 0) is 50.1 Å². The molecule has 2 nitrogen and oxygen atoms in total. The van der Waals surface area contributed by atoms with E-state index in [1.165, 1.54) is 5.56 Å². The lowest BCUT2D eigenvalue weighted by molar-refractivity contribution is 0.513. The van der Waals surface area contributed by atoms with Crippen LogP contribution in [-0.4, -0.2) is 16.2 Å². The molecule has 0 unspecified atom stereocenters. The fourth-order valence-electron chi connectivity index (χ4n) is 2.49. The number of nitrogens with zero attached hydrogens (tertiary/aromatic N) is 2. The minimum absolute atomic E-state index is 0.103. The Morgan fingerprint density at radius 2 is 2.00 bits per heavy atom. The number of rotatable bonds is 1. The molecule has 0 amide bonds. The minimum Gasteiger partial charge on any atom is -0.276 e. The van der Waals surface area contributed by atoms with E-state index in [4.69, 9.17) is 16.6 Å². The monoisotopic (exact) mass is 270 g/mol. The van der Waals surface area contributed by atoms with Crippen molar-refractivity contribution in [1.82, 2.24) is 4.98 Å². The summed E-state index contributed by atoms with van der Waals surface area (Å²) in [5, 5.41) is 0.738. The van der Waals surface area contributed by atoms with E-state index < -0.39 is 0 Å². The van der Waals surface area contributed by atoms with Crippen molar-refractivity contribution in [1.29, 1.82) is 0 Å². The third-order valence-corrected chi connectivity index (χ3v) is 3.51. The highest BCUT2D eigenvalue weighted by Gasteiger charge is 2.27. The van der Waals surface area contributed by atoms with Gasteiger partial charge < -0.3 is 0 Å². The van der Waals surface area contributed by atoms with Crippen molar-refractivity contribution < 1.29 is 0 Å². The second kappa shape index (κ2) is 4.46. The van der Waals surface area contributed by atoms with Crippen molar-refractivity contribution in [3.05, 3.63) is 64.4 Å². The molecular formula is C16H15ClN2. The molecule has 1 aliphatic rings. The zero-order valence-corrected chi connectivity index (χ0v) is 11.8. The van der Waals surface area contributed by atoms with E-state index in [9.17, 15) is 0 Å². The number of aromatic nitrogens is 1. The molecule has 96 valence electrons. The van der Waals surface area contributed by atoms with Crippen molar-refractivity contribution in [2.45, 2.75) is 25.8 Å². The maximum atomic E-state index is 6.13. The molecule has 0 bridgehead atoms. The molecule has 1 aromatic heterocycles. The quantitative estimate of drug-likeness (QED) is 0.771. The average molecular weight is 271 g/mol. The van der Waals surface area contributed by atoms with Crippen LogP contribution in [0, 0.1) is 0 Å². The third kappa shape index (κ3) is 2.41. The highest BCUT2D eigenvalue weighted by atomic mass is 35.5. The number of hydrogen-bond acceptors (Lipinski definition) is 2. The van der Waals surface area contributed by atoms with Gasteiger partial charge in [0.15, 0.2) is 0 Å². The summed E-state index contributed by atoms with van der Waals surface area (Å²) in [5.74, 6) is 0. The van der Waals surface area contributed by atoms with E-state index in [0.717, 1.165) is 28.4 Å². The van der Waals surface area contributed by atoms with Crippen LogP contribution in [0.2, 0.25) is 5.02 Å². The first kappa shape index (κ1) is 12.4. The Hall–Kier alpha value is -1.67. The molecule has 1 aliphatic heterocycles. The zero-order chi connectivity index (χ0) is 13.5. The van der Waals surface area contributed by atoms with Crippen molar-refractivity contribution in [2.24, 2.45) is 4.99 Å². The summed E-state index contributed by atoms with van der Waals surface area (Å²) in [6.45, 7) is 4.29. The van der Waals surface area contributed by atoms with E-state index in [1.807, 2.05) is 30.3 Å². The number of aliphatic imine (C=N–C) groups is 1. The molecule has 19 heavy (non-hydrogen) atoms. The van der Waals surface area contributed by atoms with Crippen LogP contribution in [0.5, 0.6) is 0 Å². The normalized spacial score (nSPS) is 16.7. The largest absolute Gasteiger partial charge is 0.276 e. The van der Waals surface area contributed by atoms with Gasteiger partial charge in [-0.15, -0.1) is 0 Å². The fraction of sp³-hybridized carbons (Fsp3) is 0.250. The Bertz CT molecular complexity index is 645. The van der Waals surface area contributed by atoms with Crippen molar-refractivity contribution >= 4 is 17.3 Å². The molecular weight excluding hydrogens is 256 g/mol. The van der Waals surface area contributed by atoms with Gasteiger partial charge in [0, 0.05) is 16.8 Å². The summed E-state index contributed by atoms with van der Waals surface area (Å²) in [6.07, 6.45) is 2.72. The number of fused-ring (bicyclic) bond motifs is 1. The molecule has 0 N–H and O–H groups in total. The van der Waals surface area contributed by atoms with E-state index in [1.54, 1.807) is 6.20 Å². The van der Waals surface area contributed by atoms with Crippen LogP contribution in [0.1, 0.15) is 30.7 Å². The molecule has 0 saturated heterocycles. The lowest BCUT2D eigenvalue weighted by Gasteiger charge is -2.29. The van der Waals surface area contributed by atoms with Gasteiger partial charge in [0.05, 0.1) is 16.9 Å². The van der Waals surface area contributed by atoms with E-state index >= 15 is 0 Å². The maximum absolute atomic E-state index is 6.13. The van der Waals surface area contributed by atoms with Crippen LogP contribution in [0.25, 0.3) is 0 Å². The summed E-state index contributed by atoms with van der Waals surface area (Å²) < 4.78 is 0. The fourth-order valence-corrected chi connectivity index (χ4v) is 2.66. The van der Waals surface area contributed by atoms with Crippen molar-refractivity contribution in [2.75, 3.05) is 0 Å². The van der Waals surface area contributed by atoms with Gasteiger partial charge in [0.2, 0.25) is 0 Å². The predicted octanol–water partition coefficient (Wildman–Crippen LogP) is 3.91.